The lowest BCUT2D eigenvalue weighted by Gasteiger charge is -2.26. The number of carboxylic acid groups (broad SMARTS) is 1. The van der Waals surface area contributed by atoms with Gasteiger partial charge >= 0.3 is 5.97 Å². The van der Waals surface area contributed by atoms with Crippen molar-refractivity contribution in [3.63, 3.8) is 0 Å². The Morgan fingerprint density at radius 3 is 2.95 bits per heavy atom. The highest BCUT2D eigenvalue weighted by Gasteiger charge is 2.25. The number of aromatic nitrogens is 4. The summed E-state index contributed by atoms with van der Waals surface area (Å²) in [5, 5.41) is 20.2. The van der Waals surface area contributed by atoms with Gasteiger partial charge in [-0.1, -0.05) is 0 Å². The van der Waals surface area contributed by atoms with E-state index in [0.29, 0.717) is 11.6 Å². The summed E-state index contributed by atoms with van der Waals surface area (Å²) in [6, 6.07) is 0. The molecule has 106 valence electrons. The average Bonchev–Trinajstić information content (AvgIpc) is 2.94. The van der Waals surface area contributed by atoms with Crippen molar-refractivity contribution < 1.29 is 9.90 Å². The molecule has 0 spiro atoms. The van der Waals surface area contributed by atoms with Crippen molar-refractivity contribution in [2.45, 2.75) is 25.7 Å². The Kier molecular flexibility index (Phi) is 3.49. The standard InChI is InChI=1S/C13H17N5O2/c19-13(20)10-3-1-9(2-4-10)7-15-11-12-17-16-8-18(12)6-5-14-11/h5-6,8-10H,1-4,7H2,(H,14,15)(H,19,20). The van der Waals surface area contributed by atoms with E-state index in [1.165, 1.54) is 0 Å². The van der Waals surface area contributed by atoms with E-state index in [2.05, 4.69) is 20.5 Å². The largest absolute Gasteiger partial charge is 0.481 e. The molecule has 0 saturated heterocycles. The smallest absolute Gasteiger partial charge is 0.306 e. The first kappa shape index (κ1) is 12.8. The zero-order valence-electron chi connectivity index (χ0n) is 11.1. The second-order valence-corrected chi connectivity index (χ2v) is 5.27. The van der Waals surface area contributed by atoms with Gasteiger partial charge in [0.1, 0.15) is 6.33 Å². The van der Waals surface area contributed by atoms with Gasteiger partial charge in [-0.15, -0.1) is 10.2 Å². The SMILES string of the molecule is O=C(O)C1CCC(CNc2nccn3cnnc23)CC1. The molecule has 0 amide bonds. The van der Waals surface area contributed by atoms with Gasteiger partial charge < -0.3 is 10.4 Å². The number of carboxylic acids is 1. The van der Waals surface area contributed by atoms with Crippen LogP contribution in [0.25, 0.3) is 5.65 Å². The summed E-state index contributed by atoms with van der Waals surface area (Å²) in [5.41, 5.74) is 0.715. The Morgan fingerprint density at radius 2 is 2.20 bits per heavy atom. The monoisotopic (exact) mass is 275 g/mol. The van der Waals surface area contributed by atoms with Crippen LogP contribution in [0.3, 0.4) is 0 Å². The van der Waals surface area contributed by atoms with Crippen LogP contribution in [0, 0.1) is 11.8 Å². The molecule has 1 fully saturated rings. The van der Waals surface area contributed by atoms with Crippen LogP contribution >= 0.6 is 0 Å². The number of fused-ring (bicyclic) bond motifs is 1. The molecule has 0 radical (unpaired) electrons. The number of anilines is 1. The minimum absolute atomic E-state index is 0.163. The van der Waals surface area contributed by atoms with E-state index in [4.69, 9.17) is 5.11 Å². The third-order valence-electron chi connectivity index (χ3n) is 3.97. The van der Waals surface area contributed by atoms with Crippen LogP contribution in [0.5, 0.6) is 0 Å². The third kappa shape index (κ3) is 2.56. The van der Waals surface area contributed by atoms with Gasteiger partial charge in [-0.2, -0.15) is 0 Å². The molecule has 7 nitrogen and oxygen atoms in total. The van der Waals surface area contributed by atoms with Crippen LogP contribution in [-0.2, 0) is 4.79 Å². The summed E-state index contributed by atoms with van der Waals surface area (Å²) in [5.74, 6) is 0.400. The Bertz CT molecular complexity index is 604. The van der Waals surface area contributed by atoms with Gasteiger partial charge in [0.2, 0.25) is 5.65 Å². The number of hydrogen-bond donors (Lipinski definition) is 2. The molecule has 0 aliphatic heterocycles. The average molecular weight is 275 g/mol. The molecule has 0 bridgehead atoms. The minimum atomic E-state index is -0.661. The number of nitrogens with one attached hydrogen (secondary N) is 1. The van der Waals surface area contributed by atoms with Crippen LogP contribution < -0.4 is 5.32 Å². The van der Waals surface area contributed by atoms with Gasteiger partial charge in [-0.25, -0.2) is 4.98 Å². The summed E-state index contributed by atoms with van der Waals surface area (Å²) < 4.78 is 1.82. The van der Waals surface area contributed by atoms with E-state index in [1.807, 2.05) is 4.40 Å². The molecule has 20 heavy (non-hydrogen) atoms. The van der Waals surface area contributed by atoms with E-state index < -0.39 is 5.97 Å². The summed E-state index contributed by atoms with van der Waals surface area (Å²) in [7, 11) is 0. The van der Waals surface area contributed by atoms with Crippen LogP contribution in [0.15, 0.2) is 18.7 Å². The molecular weight excluding hydrogens is 258 g/mol. The first-order valence-electron chi connectivity index (χ1n) is 6.85. The molecule has 7 heteroatoms. The number of hydrogen-bond acceptors (Lipinski definition) is 5. The molecule has 1 aliphatic carbocycles. The molecule has 0 unspecified atom stereocenters. The number of nitrogens with zero attached hydrogens (tertiary/aromatic N) is 4. The third-order valence-corrected chi connectivity index (χ3v) is 3.97. The van der Waals surface area contributed by atoms with Gasteiger partial charge in [0.05, 0.1) is 5.92 Å². The summed E-state index contributed by atoms with van der Waals surface area (Å²) in [6.45, 7) is 0.797. The lowest BCUT2D eigenvalue weighted by molar-refractivity contribution is -0.143. The van der Waals surface area contributed by atoms with Crippen LogP contribution in [0.2, 0.25) is 0 Å². The van der Waals surface area contributed by atoms with Crippen molar-refractivity contribution in [2.24, 2.45) is 11.8 Å². The van der Waals surface area contributed by atoms with Crippen LogP contribution in [0.1, 0.15) is 25.7 Å². The van der Waals surface area contributed by atoms with Crippen molar-refractivity contribution in [1.29, 1.82) is 0 Å². The molecule has 2 aromatic heterocycles. The highest BCUT2D eigenvalue weighted by atomic mass is 16.4. The Balaban J connectivity index is 1.58. The molecular formula is C13H17N5O2. The Morgan fingerprint density at radius 1 is 1.40 bits per heavy atom. The lowest BCUT2D eigenvalue weighted by atomic mass is 9.82. The molecule has 0 aromatic carbocycles. The van der Waals surface area contributed by atoms with E-state index in [9.17, 15) is 4.79 Å². The van der Waals surface area contributed by atoms with E-state index in [0.717, 1.165) is 38.0 Å². The highest BCUT2D eigenvalue weighted by molar-refractivity contribution is 5.70. The van der Waals surface area contributed by atoms with Crippen LogP contribution in [-0.4, -0.2) is 37.2 Å². The number of carbonyl (C=O) groups is 1. The van der Waals surface area contributed by atoms with Gasteiger partial charge in [0, 0.05) is 18.9 Å². The first-order valence-corrected chi connectivity index (χ1v) is 6.85. The molecule has 2 heterocycles. The summed E-state index contributed by atoms with van der Waals surface area (Å²) in [4.78, 5) is 15.2. The Hall–Kier alpha value is -2.18. The quantitative estimate of drug-likeness (QED) is 0.876. The molecule has 2 aromatic rings. The lowest BCUT2D eigenvalue weighted by Crippen LogP contribution is -2.25. The number of aliphatic carboxylic acids is 1. The van der Waals surface area contributed by atoms with Crippen molar-refractivity contribution in [3.05, 3.63) is 18.7 Å². The van der Waals surface area contributed by atoms with E-state index in [-0.39, 0.29) is 5.92 Å². The van der Waals surface area contributed by atoms with Crippen molar-refractivity contribution in [2.75, 3.05) is 11.9 Å². The van der Waals surface area contributed by atoms with Gasteiger partial charge in [0.15, 0.2) is 5.82 Å². The minimum Gasteiger partial charge on any atom is -0.481 e. The fourth-order valence-electron chi connectivity index (χ4n) is 2.74. The maximum absolute atomic E-state index is 10.9. The van der Waals surface area contributed by atoms with Gasteiger partial charge in [-0.3, -0.25) is 9.20 Å². The van der Waals surface area contributed by atoms with E-state index in [1.54, 1.807) is 18.7 Å². The fraction of sp³-hybridized carbons (Fsp3) is 0.538. The predicted molar refractivity (Wildman–Crippen MR) is 72.4 cm³/mol. The Labute approximate surface area is 116 Å². The van der Waals surface area contributed by atoms with Gasteiger partial charge in [0.25, 0.3) is 0 Å². The maximum atomic E-state index is 10.9. The summed E-state index contributed by atoms with van der Waals surface area (Å²) >= 11 is 0. The van der Waals surface area contributed by atoms with Gasteiger partial charge in [-0.05, 0) is 31.6 Å². The second-order valence-electron chi connectivity index (χ2n) is 5.27. The zero-order chi connectivity index (χ0) is 13.9. The zero-order valence-corrected chi connectivity index (χ0v) is 11.1. The molecule has 1 aliphatic rings. The molecule has 3 rings (SSSR count). The normalized spacial score (nSPS) is 22.8. The van der Waals surface area contributed by atoms with Crippen molar-refractivity contribution in [3.8, 4) is 0 Å². The molecule has 0 atom stereocenters. The van der Waals surface area contributed by atoms with E-state index >= 15 is 0 Å². The predicted octanol–water partition coefficient (Wildman–Crippen LogP) is 1.43. The number of rotatable bonds is 4. The second kappa shape index (κ2) is 5.44. The topological polar surface area (TPSA) is 92.4 Å². The molecule has 1 saturated carbocycles. The first-order chi connectivity index (χ1) is 9.74. The van der Waals surface area contributed by atoms with Crippen molar-refractivity contribution >= 4 is 17.4 Å². The summed E-state index contributed by atoms with van der Waals surface area (Å²) in [6.07, 6.45) is 8.58. The highest BCUT2D eigenvalue weighted by Crippen LogP contribution is 2.29. The molecule has 2 N–H and O–H groups in total. The fourth-order valence-corrected chi connectivity index (χ4v) is 2.74. The maximum Gasteiger partial charge on any atom is 0.306 e. The van der Waals surface area contributed by atoms with Crippen LogP contribution in [0.4, 0.5) is 5.82 Å². The van der Waals surface area contributed by atoms with Crippen molar-refractivity contribution in [1.82, 2.24) is 19.6 Å².